The molecular formula is C13H13F2N3O3S. The Morgan fingerprint density at radius 2 is 2.05 bits per heavy atom. The summed E-state index contributed by atoms with van der Waals surface area (Å²) in [6.45, 7) is 1.63. The van der Waals surface area contributed by atoms with Crippen molar-refractivity contribution in [1.29, 1.82) is 0 Å². The number of aromatic nitrogens is 2. The van der Waals surface area contributed by atoms with Crippen molar-refractivity contribution in [3.8, 4) is 0 Å². The highest BCUT2D eigenvalue weighted by Gasteiger charge is 2.21. The Morgan fingerprint density at radius 1 is 1.41 bits per heavy atom. The molecule has 0 aliphatic heterocycles. The number of rotatable bonds is 6. The van der Waals surface area contributed by atoms with Gasteiger partial charge in [0.25, 0.3) is 0 Å². The van der Waals surface area contributed by atoms with Gasteiger partial charge in [0.05, 0.1) is 16.7 Å². The van der Waals surface area contributed by atoms with Gasteiger partial charge in [-0.3, -0.25) is 19.0 Å². The third-order valence-corrected chi connectivity index (χ3v) is 4.76. The van der Waals surface area contributed by atoms with Crippen LogP contribution < -0.4 is 0 Å². The number of benzene rings is 1. The van der Waals surface area contributed by atoms with E-state index < -0.39 is 32.6 Å². The molecule has 2 aromatic rings. The van der Waals surface area contributed by atoms with Gasteiger partial charge in [-0.1, -0.05) is 6.07 Å². The minimum absolute atomic E-state index is 0.0772. The fraction of sp³-hybridized carbons (Fsp3) is 0.308. The van der Waals surface area contributed by atoms with Crippen molar-refractivity contribution >= 4 is 16.5 Å². The molecule has 0 radical (unpaired) electrons. The molecule has 0 fully saturated rings. The highest BCUT2D eigenvalue weighted by atomic mass is 32.2. The van der Waals surface area contributed by atoms with Crippen LogP contribution in [0.5, 0.6) is 0 Å². The van der Waals surface area contributed by atoms with E-state index in [1.165, 1.54) is 23.9 Å². The Morgan fingerprint density at radius 3 is 2.59 bits per heavy atom. The predicted octanol–water partition coefficient (Wildman–Crippen LogP) is 2.58. The Bertz CT molecular complexity index is 700. The summed E-state index contributed by atoms with van der Waals surface area (Å²) in [5, 5.41) is 13.5. The molecule has 0 amide bonds. The molecule has 0 saturated carbocycles. The summed E-state index contributed by atoms with van der Waals surface area (Å²) in [6, 6.07) is 3.47. The first-order valence-electron chi connectivity index (χ1n) is 6.38. The quantitative estimate of drug-likeness (QED) is 0.603. The average Bonchev–Trinajstić information content (AvgIpc) is 2.93. The number of halogens is 2. The summed E-state index contributed by atoms with van der Waals surface area (Å²) in [5.41, 5.74) is -0.383. The summed E-state index contributed by atoms with van der Waals surface area (Å²) < 4.78 is 40.7. The highest BCUT2D eigenvalue weighted by molar-refractivity contribution is 7.85. The van der Waals surface area contributed by atoms with Gasteiger partial charge in [0.2, 0.25) is 0 Å². The van der Waals surface area contributed by atoms with Crippen molar-refractivity contribution in [3.05, 3.63) is 57.9 Å². The number of nitro groups is 1. The summed E-state index contributed by atoms with van der Waals surface area (Å²) in [4.78, 5) is 9.94. The predicted molar refractivity (Wildman–Crippen MR) is 76.7 cm³/mol. The number of aryl methyl sites for hydroxylation is 1. The molecule has 118 valence electrons. The summed E-state index contributed by atoms with van der Waals surface area (Å²) >= 11 is 0. The highest BCUT2D eigenvalue weighted by Crippen LogP contribution is 2.25. The van der Waals surface area contributed by atoms with Crippen molar-refractivity contribution in [3.63, 3.8) is 0 Å². The smallest absolute Gasteiger partial charge is 0.265 e. The Kier molecular flexibility index (Phi) is 4.96. The van der Waals surface area contributed by atoms with E-state index in [1.54, 1.807) is 0 Å². The molecule has 1 heterocycles. The minimum Gasteiger partial charge on any atom is -0.265 e. The van der Waals surface area contributed by atoms with Crippen LogP contribution in [0.1, 0.15) is 17.7 Å². The first-order valence-corrected chi connectivity index (χ1v) is 7.76. The van der Waals surface area contributed by atoms with Gasteiger partial charge in [0, 0.05) is 22.1 Å². The SMILES string of the molecule is C[C@@H](c1c(F)cccc1F)[S@](=O)CCn1cc([N+](=O)[O-])cn1. The van der Waals surface area contributed by atoms with Crippen LogP contribution in [0.2, 0.25) is 0 Å². The van der Waals surface area contributed by atoms with Crippen molar-refractivity contribution < 1.29 is 17.9 Å². The molecule has 0 aliphatic rings. The third-order valence-electron chi connectivity index (χ3n) is 3.15. The van der Waals surface area contributed by atoms with E-state index >= 15 is 0 Å². The van der Waals surface area contributed by atoms with Crippen LogP contribution in [-0.2, 0) is 17.3 Å². The van der Waals surface area contributed by atoms with Crippen LogP contribution in [0.15, 0.2) is 30.6 Å². The molecule has 0 N–H and O–H groups in total. The maximum Gasteiger partial charge on any atom is 0.306 e. The van der Waals surface area contributed by atoms with Gasteiger partial charge in [0.1, 0.15) is 24.0 Å². The van der Waals surface area contributed by atoms with Gasteiger partial charge in [-0.05, 0) is 19.1 Å². The molecule has 1 aromatic heterocycles. The molecule has 0 spiro atoms. The minimum atomic E-state index is -1.55. The molecular weight excluding hydrogens is 316 g/mol. The fourth-order valence-corrected chi connectivity index (χ4v) is 3.17. The zero-order valence-electron chi connectivity index (χ0n) is 11.6. The molecule has 1 aromatic carbocycles. The summed E-state index contributed by atoms with van der Waals surface area (Å²) in [7, 11) is -1.55. The second-order valence-electron chi connectivity index (χ2n) is 4.58. The third kappa shape index (κ3) is 3.53. The van der Waals surface area contributed by atoms with Crippen molar-refractivity contribution in [1.82, 2.24) is 9.78 Å². The van der Waals surface area contributed by atoms with E-state index in [-0.39, 0.29) is 23.5 Å². The zero-order chi connectivity index (χ0) is 16.3. The number of hydrogen-bond acceptors (Lipinski definition) is 4. The van der Waals surface area contributed by atoms with Crippen LogP contribution >= 0.6 is 0 Å². The first kappa shape index (κ1) is 16.2. The number of nitrogens with zero attached hydrogens (tertiary/aromatic N) is 3. The molecule has 0 saturated heterocycles. The Hall–Kier alpha value is -2.16. The Balaban J connectivity index is 2.04. The van der Waals surface area contributed by atoms with E-state index in [0.29, 0.717) is 0 Å². The Labute approximate surface area is 127 Å². The normalized spacial score (nSPS) is 13.8. The van der Waals surface area contributed by atoms with Crippen molar-refractivity contribution in [2.45, 2.75) is 18.7 Å². The monoisotopic (exact) mass is 329 g/mol. The average molecular weight is 329 g/mol. The van der Waals surface area contributed by atoms with Gasteiger partial charge in [-0.2, -0.15) is 5.10 Å². The van der Waals surface area contributed by atoms with E-state index in [9.17, 15) is 23.1 Å². The lowest BCUT2D eigenvalue weighted by Gasteiger charge is -2.13. The molecule has 0 bridgehead atoms. The molecule has 2 atom stereocenters. The van der Waals surface area contributed by atoms with Crippen LogP contribution in [0.4, 0.5) is 14.5 Å². The lowest BCUT2D eigenvalue weighted by molar-refractivity contribution is -0.385. The number of hydrogen-bond donors (Lipinski definition) is 0. The molecule has 0 aliphatic carbocycles. The fourth-order valence-electron chi connectivity index (χ4n) is 1.96. The van der Waals surface area contributed by atoms with Crippen molar-refractivity contribution in [2.75, 3.05) is 5.75 Å². The maximum atomic E-state index is 13.6. The van der Waals surface area contributed by atoms with Gasteiger partial charge < -0.3 is 0 Å². The van der Waals surface area contributed by atoms with Crippen LogP contribution in [0, 0.1) is 21.7 Å². The van der Waals surface area contributed by atoms with Crippen LogP contribution in [0.25, 0.3) is 0 Å². The van der Waals surface area contributed by atoms with E-state index in [1.807, 2.05) is 0 Å². The second kappa shape index (κ2) is 6.73. The van der Waals surface area contributed by atoms with E-state index in [2.05, 4.69) is 5.10 Å². The summed E-state index contributed by atoms with van der Waals surface area (Å²) in [5.74, 6) is -1.40. The molecule has 2 rings (SSSR count). The van der Waals surface area contributed by atoms with Crippen molar-refractivity contribution in [2.24, 2.45) is 0 Å². The first-order chi connectivity index (χ1) is 10.4. The molecule has 9 heteroatoms. The van der Waals surface area contributed by atoms with Gasteiger partial charge in [-0.15, -0.1) is 0 Å². The topological polar surface area (TPSA) is 78.0 Å². The summed E-state index contributed by atoms with van der Waals surface area (Å²) in [6.07, 6.45) is 2.30. The standard InChI is InChI=1S/C13H13F2N3O3S/c1-9(13-11(14)3-2-4-12(13)15)22(21)6-5-17-8-10(7-16-17)18(19)20/h2-4,7-9H,5-6H2,1H3/t9-,22+/m0/s1. The van der Waals surface area contributed by atoms with E-state index in [0.717, 1.165) is 18.3 Å². The largest absolute Gasteiger partial charge is 0.306 e. The molecule has 0 unspecified atom stereocenters. The maximum absolute atomic E-state index is 13.6. The van der Waals surface area contributed by atoms with Gasteiger partial charge in [-0.25, -0.2) is 8.78 Å². The van der Waals surface area contributed by atoms with Crippen LogP contribution in [0.3, 0.4) is 0 Å². The van der Waals surface area contributed by atoms with Gasteiger partial charge in [0.15, 0.2) is 0 Å². The second-order valence-corrected chi connectivity index (χ2v) is 6.46. The van der Waals surface area contributed by atoms with E-state index in [4.69, 9.17) is 0 Å². The lowest BCUT2D eigenvalue weighted by atomic mass is 10.1. The molecule has 6 nitrogen and oxygen atoms in total. The van der Waals surface area contributed by atoms with Gasteiger partial charge >= 0.3 is 5.69 Å². The zero-order valence-corrected chi connectivity index (χ0v) is 12.4. The lowest BCUT2D eigenvalue weighted by Crippen LogP contribution is -2.14. The van der Waals surface area contributed by atoms with Crippen LogP contribution in [-0.4, -0.2) is 24.7 Å². The molecule has 22 heavy (non-hydrogen) atoms.